The van der Waals surface area contributed by atoms with E-state index in [1.807, 2.05) is 11.3 Å². The predicted octanol–water partition coefficient (Wildman–Crippen LogP) is 3.00. The van der Waals surface area contributed by atoms with Gasteiger partial charge in [0.25, 0.3) is 0 Å². The molecule has 4 aliphatic rings. The zero-order chi connectivity index (χ0) is 17.1. The summed E-state index contributed by atoms with van der Waals surface area (Å²) in [5.41, 5.74) is 1.53. The zero-order valence-electron chi connectivity index (χ0n) is 14.8. The van der Waals surface area contributed by atoms with E-state index in [0.717, 1.165) is 17.6 Å². The molecule has 0 aromatic carbocycles. The van der Waals surface area contributed by atoms with Crippen LogP contribution in [-0.4, -0.2) is 35.6 Å². The maximum absolute atomic E-state index is 5.06. The molecule has 7 rings (SSSR count). The summed E-state index contributed by atoms with van der Waals surface area (Å²) in [6.45, 7) is 3.96. The third-order valence-corrected chi connectivity index (χ3v) is 8.49. The molecule has 3 aromatic rings. The van der Waals surface area contributed by atoms with Crippen LogP contribution in [0.4, 0.5) is 5.82 Å². The fraction of sp³-hybridized carbons (Fsp3) is 0.500. The molecule has 26 heavy (non-hydrogen) atoms. The molecule has 1 aliphatic carbocycles. The summed E-state index contributed by atoms with van der Waals surface area (Å²) in [6, 6.07) is 4.79. The van der Waals surface area contributed by atoms with Gasteiger partial charge in [0, 0.05) is 17.7 Å². The fourth-order valence-electron chi connectivity index (χ4n) is 5.09. The van der Waals surface area contributed by atoms with Gasteiger partial charge in [-0.3, -0.25) is 0 Å². The largest absolute Gasteiger partial charge is 0.361 e. The fourth-order valence-corrected chi connectivity index (χ4v) is 7.01. The molecule has 2 N–H and O–H groups in total. The number of nitrogens with one attached hydrogen (secondary N) is 2. The lowest BCUT2D eigenvalue weighted by atomic mass is 9.84. The number of fused-ring (bicyclic) bond motifs is 6. The number of anilines is 1. The van der Waals surface area contributed by atoms with Crippen molar-refractivity contribution in [2.24, 2.45) is 5.92 Å². The van der Waals surface area contributed by atoms with Crippen molar-refractivity contribution >= 4 is 38.7 Å². The van der Waals surface area contributed by atoms with Gasteiger partial charge in [0.05, 0.1) is 35.9 Å². The highest BCUT2D eigenvalue weighted by Crippen LogP contribution is 2.41. The highest BCUT2D eigenvalue weighted by atomic mass is 32.1. The van der Waals surface area contributed by atoms with Crippen LogP contribution in [0.25, 0.3) is 20.9 Å². The predicted molar refractivity (Wildman–Crippen MR) is 108 cm³/mol. The normalized spacial score (nSPS) is 27.2. The molecule has 3 fully saturated rings. The SMILES string of the molecule is c1csc(-c2nc(N[C@H]3C[NH+]4CCC3CC4)c3c4c(sc3n2)CCC4)c1. The summed E-state index contributed by atoms with van der Waals surface area (Å²) < 4.78 is 0. The van der Waals surface area contributed by atoms with Gasteiger partial charge in [0.15, 0.2) is 5.82 Å². The van der Waals surface area contributed by atoms with Crippen molar-refractivity contribution in [1.82, 2.24) is 9.97 Å². The van der Waals surface area contributed by atoms with Crippen LogP contribution in [-0.2, 0) is 12.8 Å². The Morgan fingerprint density at radius 3 is 2.85 bits per heavy atom. The quantitative estimate of drug-likeness (QED) is 0.731. The lowest BCUT2D eigenvalue weighted by Gasteiger charge is -2.42. The highest BCUT2D eigenvalue weighted by molar-refractivity contribution is 7.19. The van der Waals surface area contributed by atoms with E-state index in [2.05, 4.69) is 22.8 Å². The van der Waals surface area contributed by atoms with E-state index in [9.17, 15) is 0 Å². The van der Waals surface area contributed by atoms with Gasteiger partial charge in [-0.25, -0.2) is 9.97 Å². The minimum Gasteiger partial charge on any atom is -0.361 e. The molecule has 3 saturated heterocycles. The van der Waals surface area contributed by atoms with Crippen LogP contribution in [0, 0.1) is 5.92 Å². The molecule has 0 spiro atoms. The van der Waals surface area contributed by atoms with Crippen LogP contribution < -0.4 is 10.2 Å². The van der Waals surface area contributed by atoms with Crippen molar-refractivity contribution in [3.8, 4) is 10.7 Å². The van der Waals surface area contributed by atoms with Crippen molar-refractivity contribution in [2.45, 2.75) is 38.1 Å². The third-order valence-electron chi connectivity index (χ3n) is 6.44. The lowest BCUT2D eigenvalue weighted by molar-refractivity contribution is -0.916. The van der Waals surface area contributed by atoms with Crippen molar-refractivity contribution in [2.75, 3.05) is 25.0 Å². The van der Waals surface area contributed by atoms with Crippen LogP contribution in [0.5, 0.6) is 0 Å². The summed E-state index contributed by atoms with van der Waals surface area (Å²) >= 11 is 3.63. The zero-order valence-corrected chi connectivity index (χ0v) is 16.4. The van der Waals surface area contributed by atoms with E-state index < -0.39 is 0 Å². The van der Waals surface area contributed by atoms with E-state index in [1.165, 1.54) is 72.4 Å². The van der Waals surface area contributed by atoms with Gasteiger partial charge in [-0.1, -0.05) is 6.07 Å². The first-order valence-corrected chi connectivity index (χ1v) is 11.5. The summed E-state index contributed by atoms with van der Waals surface area (Å²) in [5.74, 6) is 2.81. The average molecular weight is 384 g/mol. The number of nitrogens with zero attached hydrogens (tertiary/aromatic N) is 2. The van der Waals surface area contributed by atoms with Gasteiger partial charge in [-0.2, -0.15) is 0 Å². The number of rotatable bonds is 3. The molecular formula is C20H23N4S2+. The molecule has 3 aliphatic heterocycles. The van der Waals surface area contributed by atoms with Gasteiger partial charge < -0.3 is 10.2 Å². The molecule has 1 atom stereocenters. The van der Waals surface area contributed by atoms with Gasteiger partial charge in [-0.05, 0) is 42.2 Å². The van der Waals surface area contributed by atoms with Crippen molar-refractivity contribution in [1.29, 1.82) is 0 Å². The molecule has 2 bridgehead atoms. The number of thiophene rings is 2. The van der Waals surface area contributed by atoms with E-state index in [-0.39, 0.29) is 0 Å². The van der Waals surface area contributed by atoms with Crippen LogP contribution in [0.1, 0.15) is 29.7 Å². The second-order valence-corrected chi connectivity index (χ2v) is 9.98. The molecular weight excluding hydrogens is 360 g/mol. The molecule has 6 heteroatoms. The summed E-state index contributed by atoms with van der Waals surface area (Å²) in [4.78, 5) is 15.7. The standard InChI is InChI=1S/C20H22N4S2/c1-3-13-15(4-1)26-20-17(13)19(22-18(23-20)16-5-2-10-25-16)21-14-11-24-8-6-12(14)7-9-24/h2,5,10,12,14H,1,3-4,6-9,11H2,(H,21,22,23)/p+1/t14-/m0/s1. The first-order chi connectivity index (χ1) is 12.8. The molecule has 0 amide bonds. The number of hydrogen-bond acceptors (Lipinski definition) is 5. The van der Waals surface area contributed by atoms with E-state index in [1.54, 1.807) is 21.1 Å². The number of hydrogen-bond donors (Lipinski definition) is 2. The van der Waals surface area contributed by atoms with E-state index in [0.29, 0.717) is 6.04 Å². The Labute approximate surface area is 161 Å². The van der Waals surface area contributed by atoms with Crippen LogP contribution in [0.2, 0.25) is 0 Å². The molecule has 3 aromatic heterocycles. The molecule has 134 valence electrons. The third kappa shape index (κ3) is 2.42. The van der Waals surface area contributed by atoms with Crippen LogP contribution >= 0.6 is 22.7 Å². The first-order valence-electron chi connectivity index (χ1n) is 9.81. The minimum atomic E-state index is 0.568. The number of piperidine rings is 3. The molecule has 0 unspecified atom stereocenters. The summed E-state index contributed by atoms with van der Waals surface area (Å²) in [5, 5.41) is 7.35. The Morgan fingerprint density at radius 1 is 1.15 bits per heavy atom. The smallest absolute Gasteiger partial charge is 0.173 e. The van der Waals surface area contributed by atoms with Crippen molar-refractivity contribution in [3.63, 3.8) is 0 Å². The first kappa shape index (κ1) is 15.5. The maximum atomic E-state index is 5.06. The van der Waals surface area contributed by atoms with Gasteiger partial charge in [0.2, 0.25) is 0 Å². The summed E-state index contributed by atoms with van der Waals surface area (Å²) in [7, 11) is 0. The molecule has 0 saturated carbocycles. The Hall–Kier alpha value is -1.50. The Kier molecular flexibility index (Phi) is 3.59. The Morgan fingerprint density at radius 2 is 2.08 bits per heavy atom. The Bertz CT molecular complexity index is 954. The molecule has 6 heterocycles. The molecule has 0 radical (unpaired) electrons. The minimum absolute atomic E-state index is 0.568. The number of quaternary nitrogens is 1. The average Bonchev–Trinajstić information content (AvgIpc) is 3.39. The van der Waals surface area contributed by atoms with E-state index in [4.69, 9.17) is 9.97 Å². The Balaban J connectivity index is 1.47. The van der Waals surface area contributed by atoms with Gasteiger partial charge in [-0.15, -0.1) is 22.7 Å². The van der Waals surface area contributed by atoms with Crippen LogP contribution in [0.15, 0.2) is 17.5 Å². The second-order valence-electron chi connectivity index (χ2n) is 7.95. The molecule has 4 nitrogen and oxygen atoms in total. The second kappa shape index (κ2) is 6.01. The van der Waals surface area contributed by atoms with Crippen molar-refractivity contribution < 1.29 is 4.90 Å². The maximum Gasteiger partial charge on any atom is 0.173 e. The number of aryl methyl sites for hydroxylation is 2. The van der Waals surface area contributed by atoms with E-state index >= 15 is 0 Å². The highest BCUT2D eigenvalue weighted by Gasteiger charge is 2.38. The topological polar surface area (TPSA) is 42.2 Å². The monoisotopic (exact) mass is 383 g/mol. The number of aromatic nitrogens is 2. The summed E-state index contributed by atoms with van der Waals surface area (Å²) in [6.07, 6.45) is 6.42. The van der Waals surface area contributed by atoms with Crippen molar-refractivity contribution in [3.05, 3.63) is 28.0 Å². The van der Waals surface area contributed by atoms with Gasteiger partial charge in [0.1, 0.15) is 10.6 Å². The van der Waals surface area contributed by atoms with Crippen LogP contribution in [0.3, 0.4) is 0 Å². The lowest BCUT2D eigenvalue weighted by Crippen LogP contribution is -3.16. The van der Waals surface area contributed by atoms with Gasteiger partial charge >= 0.3 is 0 Å².